The van der Waals surface area contributed by atoms with Crippen LogP contribution in [-0.2, 0) is 14.4 Å². The standard InChI is InChI=1S/C10H15N3O3/c1-13-5-4-7(10(13)16)11-6-2-3-8(14)12-9(6)15/h6-7,11H,2-5H2,1H3,(H,12,14,15). The molecule has 2 unspecified atom stereocenters. The van der Waals surface area contributed by atoms with Crippen LogP contribution in [0, 0.1) is 0 Å². The van der Waals surface area contributed by atoms with Crippen LogP contribution in [-0.4, -0.2) is 48.3 Å². The van der Waals surface area contributed by atoms with E-state index in [1.54, 1.807) is 11.9 Å². The highest BCUT2D eigenvalue weighted by atomic mass is 16.2. The van der Waals surface area contributed by atoms with E-state index in [9.17, 15) is 14.4 Å². The van der Waals surface area contributed by atoms with Crippen molar-refractivity contribution in [1.82, 2.24) is 15.5 Å². The third-order valence-electron chi connectivity index (χ3n) is 3.07. The summed E-state index contributed by atoms with van der Waals surface area (Å²) in [4.78, 5) is 35.7. The molecule has 2 atom stereocenters. The monoisotopic (exact) mass is 225 g/mol. The molecule has 3 amide bonds. The minimum absolute atomic E-state index is 0.0182. The van der Waals surface area contributed by atoms with Crippen molar-refractivity contribution in [3.8, 4) is 0 Å². The van der Waals surface area contributed by atoms with Crippen LogP contribution in [0.1, 0.15) is 19.3 Å². The van der Waals surface area contributed by atoms with Crippen molar-refractivity contribution in [3.05, 3.63) is 0 Å². The Hall–Kier alpha value is -1.43. The van der Waals surface area contributed by atoms with Gasteiger partial charge in [-0.1, -0.05) is 0 Å². The molecule has 0 saturated carbocycles. The average Bonchev–Trinajstić information content (AvgIpc) is 2.54. The largest absolute Gasteiger partial charge is 0.344 e. The van der Waals surface area contributed by atoms with Gasteiger partial charge in [-0.05, 0) is 12.8 Å². The summed E-state index contributed by atoms with van der Waals surface area (Å²) in [5.74, 6) is -0.541. The second-order valence-corrected chi connectivity index (χ2v) is 4.27. The van der Waals surface area contributed by atoms with Gasteiger partial charge in [-0.25, -0.2) is 0 Å². The van der Waals surface area contributed by atoms with Gasteiger partial charge in [0.1, 0.15) is 0 Å². The van der Waals surface area contributed by atoms with Crippen LogP contribution in [0.2, 0.25) is 0 Å². The van der Waals surface area contributed by atoms with Crippen molar-refractivity contribution < 1.29 is 14.4 Å². The smallest absolute Gasteiger partial charge is 0.243 e. The molecule has 2 N–H and O–H groups in total. The number of carbonyl (C=O) groups is 3. The highest BCUT2D eigenvalue weighted by Crippen LogP contribution is 2.12. The molecule has 0 radical (unpaired) electrons. The summed E-state index contributed by atoms with van der Waals surface area (Å²) in [5, 5.41) is 5.28. The lowest BCUT2D eigenvalue weighted by Crippen LogP contribution is -2.54. The van der Waals surface area contributed by atoms with Crippen LogP contribution >= 0.6 is 0 Å². The van der Waals surface area contributed by atoms with Gasteiger partial charge in [-0.2, -0.15) is 0 Å². The van der Waals surface area contributed by atoms with Gasteiger partial charge in [0, 0.05) is 20.0 Å². The van der Waals surface area contributed by atoms with Gasteiger partial charge in [0.25, 0.3) is 0 Å². The Morgan fingerprint density at radius 2 is 2.00 bits per heavy atom. The Kier molecular flexibility index (Phi) is 2.91. The zero-order valence-corrected chi connectivity index (χ0v) is 9.16. The first kappa shape index (κ1) is 11.1. The molecule has 2 fully saturated rings. The van der Waals surface area contributed by atoms with Crippen molar-refractivity contribution in [2.75, 3.05) is 13.6 Å². The minimum Gasteiger partial charge on any atom is -0.344 e. The van der Waals surface area contributed by atoms with Crippen molar-refractivity contribution in [2.45, 2.75) is 31.3 Å². The fourth-order valence-electron chi connectivity index (χ4n) is 2.07. The van der Waals surface area contributed by atoms with Crippen molar-refractivity contribution in [1.29, 1.82) is 0 Å². The van der Waals surface area contributed by atoms with Crippen LogP contribution < -0.4 is 10.6 Å². The number of hydrogen-bond acceptors (Lipinski definition) is 4. The molecule has 0 aromatic rings. The first-order chi connectivity index (χ1) is 7.58. The summed E-state index contributed by atoms with van der Waals surface area (Å²) < 4.78 is 0. The highest BCUT2D eigenvalue weighted by molar-refractivity contribution is 6.00. The van der Waals surface area contributed by atoms with E-state index in [2.05, 4.69) is 10.6 Å². The number of nitrogens with one attached hydrogen (secondary N) is 2. The highest BCUT2D eigenvalue weighted by Gasteiger charge is 2.34. The molecule has 0 aromatic carbocycles. The number of imide groups is 1. The number of carbonyl (C=O) groups excluding carboxylic acids is 3. The van der Waals surface area contributed by atoms with E-state index in [4.69, 9.17) is 0 Å². The van der Waals surface area contributed by atoms with Gasteiger partial charge in [0.2, 0.25) is 17.7 Å². The molecule has 6 nitrogen and oxygen atoms in total. The van der Waals surface area contributed by atoms with Crippen LogP contribution in [0.3, 0.4) is 0 Å². The van der Waals surface area contributed by atoms with Crippen LogP contribution in [0.15, 0.2) is 0 Å². The number of piperidine rings is 1. The van der Waals surface area contributed by atoms with Gasteiger partial charge in [-0.3, -0.25) is 25.0 Å². The Labute approximate surface area is 93.4 Å². The second kappa shape index (κ2) is 4.21. The molecule has 2 aliphatic rings. The fourth-order valence-corrected chi connectivity index (χ4v) is 2.07. The molecule has 0 spiro atoms. The number of nitrogens with zero attached hydrogens (tertiary/aromatic N) is 1. The van der Waals surface area contributed by atoms with Gasteiger partial charge in [0.15, 0.2) is 0 Å². The molecule has 16 heavy (non-hydrogen) atoms. The zero-order chi connectivity index (χ0) is 11.7. The summed E-state index contributed by atoms with van der Waals surface area (Å²) in [7, 11) is 1.74. The topological polar surface area (TPSA) is 78.5 Å². The maximum absolute atomic E-state index is 11.6. The second-order valence-electron chi connectivity index (χ2n) is 4.27. The molecule has 88 valence electrons. The summed E-state index contributed by atoms with van der Waals surface area (Å²) >= 11 is 0. The minimum atomic E-state index is -0.418. The molecule has 0 aromatic heterocycles. The van der Waals surface area contributed by atoms with E-state index in [1.165, 1.54) is 0 Å². The predicted octanol–water partition coefficient (Wildman–Crippen LogP) is -1.39. The Bertz CT molecular complexity index is 342. The number of rotatable bonds is 2. The average molecular weight is 225 g/mol. The number of amides is 3. The maximum atomic E-state index is 11.6. The lowest BCUT2D eigenvalue weighted by molar-refractivity contribution is -0.135. The lowest BCUT2D eigenvalue weighted by atomic mass is 10.0. The van der Waals surface area contributed by atoms with E-state index in [1.807, 2.05) is 0 Å². The maximum Gasteiger partial charge on any atom is 0.243 e. The molecule has 6 heteroatoms. The van der Waals surface area contributed by atoms with Crippen molar-refractivity contribution in [2.24, 2.45) is 0 Å². The number of likely N-dealkylation sites (N-methyl/N-ethyl adjacent to an activating group) is 1. The third-order valence-corrected chi connectivity index (χ3v) is 3.07. The van der Waals surface area contributed by atoms with Crippen molar-refractivity contribution in [3.63, 3.8) is 0 Å². The summed E-state index contributed by atoms with van der Waals surface area (Å²) in [6.07, 6.45) is 1.52. The summed E-state index contributed by atoms with van der Waals surface area (Å²) in [5.41, 5.74) is 0. The van der Waals surface area contributed by atoms with Crippen LogP contribution in [0.5, 0.6) is 0 Å². The van der Waals surface area contributed by atoms with Gasteiger partial charge >= 0.3 is 0 Å². The first-order valence-corrected chi connectivity index (χ1v) is 5.42. The number of hydrogen-bond donors (Lipinski definition) is 2. The third kappa shape index (κ3) is 2.06. The molecule has 2 rings (SSSR count). The van der Waals surface area contributed by atoms with Gasteiger partial charge in [-0.15, -0.1) is 0 Å². The van der Waals surface area contributed by atoms with Crippen LogP contribution in [0.4, 0.5) is 0 Å². The van der Waals surface area contributed by atoms with E-state index in [0.717, 1.165) is 0 Å². The molecule has 2 saturated heterocycles. The fraction of sp³-hybridized carbons (Fsp3) is 0.700. The molecule has 0 aliphatic carbocycles. The first-order valence-electron chi connectivity index (χ1n) is 5.42. The quantitative estimate of drug-likeness (QED) is 0.567. The predicted molar refractivity (Wildman–Crippen MR) is 55.3 cm³/mol. The lowest BCUT2D eigenvalue weighted by Gasteiger charge is -2.24. The molecular formula is C10H15N3O3. The Morgan fingerprint density at radius 3 is 2.56 bits per heavy atom. The van der Waals surface area contributed by atoms with Crippen molar-refractivity contribution >= 4 is 17.7 Å². The molecule has 2 heterocycles. The molecule has 0 bridgehead atoms. The molecular weight excluding hydrogens is 210 g/mol. The Morgan fingerprint density at radius 1 is 1.25 bits per heavy atom. The van der Waals surface area contributed by atoms with E-state index in [0.29, 0.717) is 25.8 Å². The van der Waals surface area contributed by atoms with Crippen LogP contribution in [0.25, 0.3) is 0 Å². The van der Waals surface area contributed by atoms with E-state index >= 15 is 0 Å². The summed E-state index contributed by atoms with van der Waals surface area (Å²) in [6.45, 7) is 0.712. The van der Waals surface area contributed by atoms with E-state index in [-0.39, 0.29) is 23.8 Å². The number of likely N-dealkylation sites (tertiary alicyclic amines) is 1. The van der Waals surface area contributed by atoms with Gasteiger partial charge < -0.3 is 4.90 Å². The Balaban J connectivity index is 1.93. The SMILES string of the molecule is CN1CCC(NC2CCC(=O)NC2=O)C1=O. The molecule has 2 aliphatic heterocycles. The zero-order valence-electron chi connectivity index (χ0n) is 9.16. The van der Waals surface area contributed by atoms with E-state index < -0.39 is 6.04 Å². The normalized spacial score (nSPS) is 30.8. The van der Waals surface area contributed by atoms with Gasteiger partial charge in [0.05, 0.1) is 12.1 Å². The summed E-state index contributed by atoms with van der Waals surface area (Å²) in [6, 6.07) is -0.702.